The van der Waals surface area contributed by atoms with E-state index in [2.05, 4.69) is 15.9 Å². The number of rotatable bonds is 3. The highest BCUT2D eigenvalue weighted by Gasteiger charge is 2.34. The van der Waals surface area contributed by atoms with Crippen molar-refractivity contribution in [3.8, 4) is 6.07 Å². The maximum Gasteiger partial charge on any atom is 0.151 e. The van der Waals surface area contributed by atoms with Crippen LogP contribution in [0.4, 0.5) is 0 Å². The van der Waals surface area contributed by atoms with Crippen LogP contribution in [0.25, 0.3) is 0 Å². The highest BCUT2D eigenvalue weighted by Crippen LogP contribution is 2.20. The standard InChI is InChI=1S/C12H21N3O2S/c1-2-11(9-13)14-4-6-15(7-5-14)12-3-8-18(16,17)10-12/h11-12H,2-8,10H2,1H3. The molecule has 2 rings (SSSR count). The van der Waals surface area contributed by atoms with Gasteiger partial charge in [-0.1, -0.05) is 6.92 Å². The fourth-order valence-corrected chi connectivity index (χ4v) is 4.67. The van der Waals surface area contributed by atoms with Crippen LogP contribution in [0.3, 0.4) is 0 Å². The Morgan fingerprint density at radius 1 is 1.33 bits per heavy atom. The van der Waals surface area contributed by atoms with Crippen LogP contribution in [0.1, 0.15) is 19.8 Å². The first-order valence-corrected chi connectivity index (χ1v) is 8.46. The van der Waals surface area contributed by atoms with Gasteiger partial charge in [-0.2, -0.15) is 5.26 Å². The topological polar surface area (TPSA) is 64.4 Å². The van der Waals surface area contributed by atoms with Gasteiger partial charge in [-0.3, -0.25) is 9.80 Å². The van der Waals surface area contributed by atoms with Gasteiger partial charge in [0, 0.05) is 32.2 Å². The van der Waals surface area contributed by atoms with Gasteiger partial charge < -0.3 is 0 Å². The summed E-state index contributed by atoms with van der Waals surface area (Å²) in [5.41, 5.74) is 0. The van der Waals surface area contributed by atoms with E-state index in [-0.39, 0.29) is 12.1 Å². The summed E-state index contributed by atoms with van der Waals surface area (Å²) in [6.45, 7) is 5.56. The first-order valence-electron chi connectivity index (χ1n) is 6.64. The lowest BCUT2D eigenvalue weighted by atomic mass is 10.1. The molecular weight excluding hydrogens is 250 g/mol. The van der Waals surface area contributed by atoms with Crippen molar-refractivity contribution < 1.29 is 8.42 Å². The minimum Gasteiger partial charge on any atom is -0.297 e. The zero-order valence-corrected chi connectivity index (χ0v) is 11.7. The van der Waals surface area contributed by atoms with Gasteiger partial charge in [-0.05, 0) is 12.8 Å². The summed E-state index contributed by atoms with van der Waals surface area (Å²) < 4.78 is 22.9. The summed E-state index contributed by atoms with van der Waals surface area (Å²) in [5, 5.41) is 9.04. The smallest absolute Gasteiger partial charge is 0.151 e. The number of hydrogen-bond donors (Lipinski definition) is 0. The molecule has 2 fully saturated rings. The third-order valence-corrected chi connectivity index (χ3v) is 5.80. The van der Waals surface area contributed by atoms with Crippen molar-refractivity contribution in [2.45, 2.75) is 31.8 Å². The molecule has 102 valence electrons. The molecule has 0 saturated carbocycles. The average molecular weight is 271 g/mol. The average Bonchev–Trinajstić information content (AvgIpc) is 2.72. The number of nitrogens with zero attached hydrogens (tertiary/aromatic N) is 3. The molecule has 18 heavy (non-hydrogen) atoms. The van der Waals surface area contributed by atoms with E-state index in [0.717, 1.165) is 39.0 Å². The summed E-state index contributed by atoms with van der Waals surface area (Å²) in [7, 11) is -2.79. The Balaban J connectivity index is 1.86. The molecule has 0 aromatic heterocycles. The molecule has 2 unspecified atom stereocenters. The van der Waals surface area contributed by atoms with E-state index in [1.165, 1.54) is 0 Å². The fourth-order valence-electron chi connectivity index (χ4n) is 2.91. The number of piperazine rings is 1. The largest absolute Gasteiger partial charge is 0.297 e. The van der Waals surface area contributed by atoms with E-state index >= 15 is 0 Å². The number of sulfone groups is 1. The molecule has 0 aliphatic carbocycles. The van der Waals surface area contributed by atoms with Crippen molar-refractivity contribution in [1.29, 1.82) is 5.26 Å². The second kappa shape index (κ2) is 5.55. The molecule has 0 aromatic carbocycles. The summed E-state index contributed by atoms with van der Waals surface area (Å²) in [6.07, 6.45) is 1.63. The maximum absolute atomic E-state index is 11.5. The van der Waals surface area contributed by atoms with Crippen molar-refractivity contribution in [3.05, 3.63) is 0 Å². The third kappa shape index (κ3) is 3.02. The van der Waals surface area contributed by atoms with Gasteiger partial charge in [-0.15, -0.1) is 0 Å². The highest BCUT2D eigenvalue weighted by molar-refractivity contribution is 7.91. The Morgan fingerprint density at radius 2 is 2.00 bits per heavy atom. The Hall–Kier alpha value is -0.640. The van der Waals surface area contributed by atoms with Gasteiger partial charge in [0.25, 0.3) is 0 Å². The van der Waals surface area contributed by atoms with E-state index in [1.54, 1.807) is 0 Å². The molecular formula is C12H21N3O2S. The zero-order chi connectivity index (χ0) is 13.2. The maximum atomic E-state index is 11.5. The van der Waals surface area contributed by atoms with Crippen molar-refractivity contribution in [1.82, 2.24) is 9.80 Å². The van der Waals surface area contributed by atoms with Crippen LogP contribution < -0.4 is 0 Å². The number of nitriles is 1. The number of hydrogen-bond acceptors (Lipinski definition) is 5. The van der Waals surface area contributed by atoms with Crippen LogP contribution in [0.15, 0.2) is 0 Å². The molecule has 2 heterocycles. The van der Waals surface area contributed by atoms with Crippen molar-refractivity contribution in [3.63, 3.8) is 0 Å². The van der Waals surface area contributed by atoms with Gasteiger partial charge in [0.1, 0.15) is 0 Å². The van der Waals surface area contributed by atoms with Crippen LogP contribution >= 0.6 is 0 Å². The van der Waals surface area contributed by atoms with E-state index < -0.39 is 9.84 Å². The lowest BCUT2D eigenvalue weighted by molar-refractivity contribution is 0.0888. The molecule has 0 aromatic rings. The molecule has 2 atom stereocenters. The second-order valence-electron chi connectivity index (χ2n) is 5.18. The van der Waals surface area contributed by atoms with Gasteiger partial charge in [0.15, 0.2) is 9.84 Å². The van der Waals surface area contributed by atoms with E-state index in [9.17, 15) is 8.42 Å². The molecule has 0 bridgehead atoms. The molecule has 2 saturated heterocycles. The highest BCUT2D eigenvalue weighted by atomic mass is 32.2. The second-order valence-corrected chi connectivity index (χ2v) is 7.41. The minimum absolute atomic E-state index is 0.0134. The van der Waals surface area contributed by atoms with Crippen molar-refractivity contribution >= 4 is 9.84 Å². The Morgan fingerprint density at radius 3 is 2.44 bits per heavy atom. The lowest BCUT2D eigenvalue weighted by Crippen LogP contribution is -2.53. The monoisotopic (exact) mass is 271 g/mol. The normalized spacial score (nSPS) is 31.0. The molecule has 6 heteroatoms. The Labute approximate surface area is 109 Å². The van der Waals surface area contributed by atoms with Crippen LogP contribution in [0.2, 0.25) is 0 Å². The summed E-state index contributed by atoms with van der Waals surface area (Å²) in [5.74, 6) is 0.663. The Bertz CT molecular complexity index is 421. The third-order valence-electron chi connectivity index (χ3n) is 4.05. The fraction of sp³-hybridized carbons (Fsp3) is 0.917. The molecule has 2 aliphatic rings. The molecule has 0 N–H and O–H groups in total. The van der Waals surface area contributed by atoms with E-state index in [1.807, 2.05) is 6.92 Å². The van der Waals surface area contributed by atoms with Gasteiger partial charge >= 0.3 is 0 Å². The molecule has 0 amide bonds. The molecule has 0 spiro atoms. The molecule has 2 aliphatic heterocycles. The van der Waals surface area contributed by atoms with Crippen LogP contribution in [-0.2, 0) is 9.84 Å². The SMILES string of the molecule is CCC(C#N)N1CCN(C2CCS(=O)(=O)C2)CC1. The molecule has 5 nitrogen and oxygen atoms in total. The van der Waals surface area contributed by atoms with Crippen molar-refractivity contribution in [2.75, 3.05) is 37.7 Å². The van der Waals surface area contributed by atoms with Crippen LogP contribution in [0, 0.1) is 11.3 Å². The Kier molecular flexibility index (Phi) is 4.25. The quantitative estimate of drug-likeness (QED) is 0.728. The van der Waals surface area contributed by atoms with Gasteiger partial charge in [-0.25, -0.2) is 8.42 Å². The lowest BCUT2D eigenvalue weighted by Gasteiger charge is -2.39. The summed E-state index contributed by atoms with van der Waals surface area (Å²) >= 11 is 0. The zero-order valence-electron chi connectivity index (χ0n) is 10.9. The minimum atomic E-state index is -2.79. The summed E-state index contributed by atoms with van der Waals surface area (Å²) in [4.78, 5) is 4.49. The predicted molar refractivity (Wildman–Crippen MR) is 69.9 cm³/mol. The molecule has 0 radical (unpaired) electrons. The van der Waals surface area contributed by atoms with Crippen LogP contribution in [0.5, 0.6) is 0 Å². The van der Waals surface area contributed by atoms with Gasteiger partial charge in [0.05, 0.1) is 23.6 Å². The first-order chi connectivity index (χ1) is 8.55. The van der Waals surface area contributed by atoms with E-state index in [0.29, 0.717) is 11.5 Å². The first kappa shape index (κ1) is 13.8. The van der Waals surface area contributed by atoms with E-state index in [4.69, 9.17) is 5.26 Å². The summed E-state index contributed by atoms with van der Waals surface area (Å²) in [6, 6.07) is 2.55. The van der Waals surface area contributed by atoms with Crippen molar-refractivity contribution in [2.24, 2.45) is 0 Å². The predicted octanol–water partition coefficient (Wildman–Crippen LogP) is 0.0933. The van der Waals surface area contributed by atoms with Gasteiger partial charge in [0.2, 0.25) is 0 Å². The van der Waals surface area contributed by atoms with Crippen LogP contribution in [-0.4, -0.2) is 68.0 Å².